The van der Waals surface area contributed by atoms with Crippen LogP contribution in [0.2, 0.25) is 4.34 Å². The van der Waals surface area contributed by atoms with Crippen LogP contribution in [-0.4, -0.2) is 43.8 Å². The maximum absolute atomic E-state index is 12.8. The molecular formula is C21H21ClN4O4S2. The van der Waals surface area contributed by atoms with Crippen LogP contribution in [0.4, 0.5) is 17.1 Å². The van der Waals surface area contributed by atoms with Gasteiger partial charge in [-0.3, -0.25) is 10.1 Å². The number of hydrogen-bond acceptors (Lipinski definition) is 7. The normalized spacial score (nSPS) is 15.0. The highest BCUT2D eigenvalue weighted by molar-refractivity contribution is 7.91. The maximum Gasteiger partial charge on any atom is 0.292 e. The minimum atomic E-state index is -3.57. The number of nitro groups is 1. The summed E-state index contributed by atoms with van der Waals surface area (Å²) >= 11 is 6.94. The van der Waals surface area contributed by atoms with E-state index in [1.165, 1.54) is 16.4 Å². The van der Waals surface area contributed by atoms with Gasteiger partial charge in [0.25, 0.3) is 15.7 Å². The molecule has 168 valence electrons. The van der Waals surface area contributed by atoms with Gasteiger partial charge in [-0.1, -0.05) is 41.9 Å². The van der Waals surface area contributed by atoms with Crippen molar-refractivity contribution in [2.24, 2.45) is 0 Å². The lowest BCUT2D eigenvalue weighted by molar-refractivity contribution is -0.384. The predicted octanol–water partition coefficient (Wildman–Crippen LogP) is 4.43. The Bertz CT molecular complexity index is 1210. The van der Waals surface area contributed by atoms with Gasteiger partial charge in [0.15, 0.2) is 0 Å². The summed E-state index contributed by atoms with van der Waals surface area (Å²) in [6.07, 6.45) is 0. The van der Waals surface area contributed by atoms with E-state index in [0.29, 0.717) is 42.7 Å². The van der Waals surface area contributed by atoms with E-state index in [1.54, 1.807) is 18.2 Å². The number of thiophene rings is 1. The van der Waals surface area contributed by atoms with E-state index in [-0.39, 0.29) is 9.90 Å². The molecular weight excluding hydrogens is 472 g/mol. The number of anilines is 2. The summed E-state index contributed by atoms with van der Waals surface area (Å²) in [4.78, 5) is 13.1. The molecule has 8 nitrogen and oxygen atoms in total. The van der Waals surface area contributed by atoms with Crippen LogP contribution in [0, 0.1) is 10.1 Å². The topological polar surface area (TPSA) is 95.8 Å². The first-order valence-corrected chi connectivity index (χ1v) is 12.5. The number of hydrogen-bond donors (Lipinski definition) is 1. The molecule has 1 aliphatic heterocycles. The highest BCUT2D eigenvalue weighted by Gasteiger charge is 2.30. The van der Waals surface area contributed by atoms with Crippen molar-refractivity contribution < 1.29 is 13.3 Å². The molecule has 4 rings (SSSR count). The van der Waals surface area contributed by atoms with Crippen LogP contribution in [0.25, 0.3) is 0 Å². The van der Waals surface area contributed by atoms with E-state index in [2.05, 4.69) is 5.32 Å². The SMILES string of the molecule is O=[N+]([O-])c1ccc(N2CCN(S(=O)(=O)c3ccc(Cl)s3)CC2)cc1NCc1ccccc1. The minimum absolute atomic E-state index is 0.000434. The third kappa shape index (κ3) is 4.88. The first-order chi connectivity index (χ1) is 15.3. The van der Waals surface area contributed by atoms with Gasteiger partial charge in [0.1, 0.15) is 9.90 Å². The molecule has 0 unspecified atom stereocenters. The maximum atomic E-state index is 12.8. The van der Waals surface area contributed by atoms with Gasteiger partial charge in [0.05, 0.1) is 9.26 Å². The van der Waals surface area contributed by atoms with Crippen LogP contribution in [-0.2, 0) is 16.6 Å². The number of piperazine rings is 1. The van der Waals surface area contributed by atoms with Gasteiger partial charge in [-0.15, -0.1) is 11.3 Å². The number of rotatable bonds is 7. The standard InChI is InChI=1S/C21H21ClN4O4S2/c22-20-8-9-21(31-20)32(29,30)25-12-10-24(11-13-25)17-6-7-19(26(27)28)18(14-17)23-15-16-4-2-1-3-5-16/h1-9,14,23H,10-13,15H2. The number of sulfonamides is 1. The molecule has 0 amide bonds. The summed E-state index contributed by atoms with van der Waals surface area (Å²) in [6, 6.07) is 17.7. The Morgan fingerprint density at radius 1 is 1.03 bits per heavy atom. The number of nitrogens with zero attached hydrogens (tertiary/aromatic N) is 3. The first kappa shape index (κ1) is 22.5. The zero-order chi connectivity index (χ0) is 22.7. The smallest absolute Gasteiger partial charge is 0.292 e. The molecule has 1 aromatic heterocycles. The van der Waals surface area contributed by atoms with Crippen LogP contribution in [0.15, 0.2) is 64.9 Å². The number of halogens is 1. The second-order valence-electron chi connectivity index (χ2n) is 7.25. The van der Waals surface area contributed by atoms with Gasteiger partial charge in [-0.05, 0) is 29.8 Å². The van der Waals surface area contributed by atoms with Gasteiger partial charge >= 0.3 is 0 Å². The molecule has 0 radical (unpaired) electrons. The van der Waals surface area contributed by atoms with Gasteiger partial charge < -0.3 is 10.2 Å². The average Bonchev–Trinajstić information content (AvgIpc) is 3.25. The Hall–Kier alpha value is -2.66. The van der Waals surface area contributed by atoms with E-state index in [0.717, 1.165) is 22.6 Å². The molecule has 11 heteroatoms. The third-order valence-electron chi connectivity index (χ3n) is 5.25. The molecule has 2 heterocycles. The van der Waals surface area contributed by atoms with Crippen LogP contribution in [0.5, 0.6) is 0 Å². The first-order valence-electron chi connectivity index (χ1n) is 9.91. The second-order valence-corrected chi connectivity index (χ2v) is 11.1. The third-order valence-corrected chi connectivity index (χ3v) is 8.85. The van der Waals surface area contributed by atoms with E-state index in [9.17, 15) is 18.5 Å². The molecule has 3 aromatic rings. The molecule has 0 bridgehead atoms. The fourth-order valence-electron chi connectivity index (χ4n) is 3.56. The van der Waals surface area contributed by atoms with Gasteiger partial charge in [0.2, 0.25) is 0 Å². The Morgan fingerprint density at radius 2 is 1.75 bits per heavy atom. The molecule has 0 atom stereocenters. The van der Waals surface area contributed by atoms with Gasteiger partial charge in [0, 0.05) is 44.5 Å². The van der Waals surface area contributed by atoms with E-state index >= 15 is 0 Å². The molecule has 2 aromatic carbocycles. The summed E-state index contributed by atoms with van der Waals surface area (Å²) in [5.41, 5.74) is 2.25. The Morgan fingerprint density at radius 3 is 2.38 bits per heavy atom. The molecule has 0 spiro atoms. The largest absolute Gasteiger partial charge is 0.375 e. The summed E-state index contributed by atoms with van der Waals surface area (Å²) < 4.78 is 27.7. The molecule has 32 heavy (non-hydrogen) atoms. The average molecular weight is 493 g/mol. The van der Waals surface area contributed by atoms with Crippen molar-refractivity contribution in [1.82, 2.24) is 4.31 Å². The molecule has 1 N–H and O–H groups in total. The van der Waals surface area contributed by atoms with Crippen LogP contribution < -0.4 is 10.2 Å². The summed E-state index contributed by atoms with van der Waals surface area (Å²) in [7, 11) is -3.57. The van der Waals surface area contributed by atoms with Crippen molar-refractivity contribution in [1.29, 1.82) is 0 Å². The van der Waals surface area contributed by atoms with Crippen molar-refractivity contribution in [2.75, 3.05) is 36.4 Å². The molecule has 1 saturated heterocycles. The zero-order valence-corrected chi connectivity index (χ0v) is 19.4. The highest BCUT2D eigenvalue weighted by atomic mass is 35.5. The van der Waals surface area contributed by atoms with Crippen molar-refractivity contribution in [3.63, 3.8) is 0 Å². The Balaban J connectivity index is 1.47. The monoisotopic (exact) mass is 492 g/mol. The van der Waals surface area contributed by atoms with Crippen LogP contribution in [0.3, 0.4) is 0 Å². The lowest BCUT2D eigenvalue weighted by Gasteiger charge is -2.35. The zero-order valence-electron chi connectivity index (χ0n) is 17.0. The summed E-state index contributed by atoms with van der Waals surface area (Å²) in [6.45, 7) is 2.06. The van der Waals surface area contributed by atoms with E-state index in [1.807, 2.05) is 35.2 Å². The molecule has 0 saturated carbocycles. The highest BCUT2D eigenvalue weighted by Crippen LogP contribution is 2.32. The van der Waals surface area contributed by atoms with Crippen LogP contribution in [0.1, 0.15) is 5.56 Å². The number of benzene rings is 2. The molecule has 1 aliphatic rings. The number of nitro benzene ring substituents is 1. The van der Waals surface area contributed by atoms with Crippen molar-refractivity contribution in [3.05, 3.63) is 80.7 Å². The van der Waals surface area contributed by atoms with E-state index < -0.39 is 14.9 Å². The lowest BCUT2D eigenvalue weighted by atomic mass is 10.2. The molecule has 0 aliphatic carbocycles. The Labute approximate surface area is 195 Å². The Kier molecular flexibility index (Phi) is 6.66. The second kappa shape index (κ2) is 9.45. The van der Waals surface area contributed by atoms with Gasteiger partial charge in [-0.2, -0.15) is 4.31 Å². The fourth-order valence-corrected chi connectivity index (χ4v) is 6.62. The predicted molar refractivity (Wildman–Crippen MR) is 127 cm³/mol. The van der Waals surface area contributed by atoms with Crippen molar-refractivity contribution >= 4 is 50.0 Å². The summed E-state index contributed by atoms with van der Waals surface area (Å²) in [5, 5.41) is 14.6. The van der Waals surface area contributed by atoms with Crippen molar-refractivity contribution in [3.8, 4) is 0 Å². The lowest BCUT2D eigenvalue weighted by Crippen LogP contribution is -2.48. The quantitative estimate of drug-likeness (QED) is 0.387. The van der Waals surface area contributed by atoms with Crippen LogP contribution >= 0.6 is 22.9 Å². The fraction of sp³-hybridized carbons (Fsp3) is 0.238. The van der Waals surface area contributed by atoms with Crippen molar-refractivity contribution in [2.45, 2.75) is 10.8 Å². The van der Waals surface area contributed by atoms with Gasteiger partial charge in [-0.25, -0.2) is 8.42 Å². The van der Waals surface area contributed by atoms with E-state index in [4.69, 9.17) is 11.6 Å². The number of nitrogens with one attached hydrogen (secondary N) is 1. The summed E-state index contributed by atoms with van der Waals surface area (Å²) in [5.74, 6) is 0. The molecule has 1 fully saturated rings. The minimum Gasteiger partial charge on any atom is -0.375 e.